The van der Waals surface area contributed by atoms with Gasteiger partial charge in [0.15, 0.2) is 0 Å². The zero-order chi connectivity index (χ0) is 8.15. The summed E-state index contributed by atoms with van der Waals surface area (Å²) < 4.78 is 0. The summed E-state index contributed by atoms with van der Waals surface area (Å²) in [5.41, 5.74) is -0.196. The topological polar surface area (TPSA) is 20.1 Å². The van der Waals surface area contributed by atoms with E-state index in [0.717, 1.165) is 0 Å². The Morgan fingerprint density at radius 3 is 1.60 bits per heavy atom. The largest absolute Gasteiger partial charge is 0.322 e. The number of hydrogen-bond acceptors (Lipinski definition) is 1. The molecular formula is C8H15NO. The van der Waals surface area contributed by atoms with E-state index in [1.807, 2.05) is 18.7 Å². The van der Waals surface area contributed by atoms with Crippen molar-refractivity contribution in [1.82, 2.24) is 4.90 Å². The third kappa shape index (κ3) is 0.825. The Labute approximate surface area is 62.2 Å². The first-order valence-corrected chi connectivity index (χ1v) is 3.62. The van der Waals surface area contributed by atoms with Crippen LogP contribution in [0.5, 0.6) is 0 Å². The van der Waals surface area contributed by atoms with Crippen LogP contribution in [0.3, 0.4) is 0 Å². The fraction of sp³-hybridized carbons (Fsp3) is 0.875. The van der Waals surface area contributed by atoms with Gasteiger partial charge in [0.05, 0.1) is 0 Å². The second kappa shape index (κ2) is 1.55. The molecule has 1 rings (SSSR count). The van der Waals surface area contributed by atoms with E-state index >= 15 is 0 Å². The van der Waals surface area contributed by atoms with E-state index in [9.17, 15) is 4.79 Å². The maximum atomic E-state index is 11.1. The molecule has 1 saturated heterocycles. The molecule has 1 aliphatic heterocycles. The van der Waals surface area contributed by atoms with Gasteiger partial charge in [-0.2, -0.15) is 0 Å². The van der Waals surface area contributed by atoms with E-state index in [4.69, 9.17) is 0 Å². The van der Waals surface area contributed by atoms with Crippen molar-refractivity contribution in [3.63, 3.8) is 0 Å². The molecule has 2 nitrogen and oxygen atoms in total. The van der Waals surface area contributed by atoms with E-state index in [-0.39, 0.29) is 17.0 Å². The van der Waals surface area contributed by atoms with Crippen LogP contribution in [-0.4, -0.2) is 21.9 Å². The Morgan fingerprint density at radius 2 is 1.60 bits per heavy atom. The van der Waals surface area contributed by atoms with Crippen LogP contribution >= 0.6 is 0 Å². The molecule has 0 aromatic heterocycles. The van der Waals surface area contributed by atoms with Gasteiger partial charge in [-0.25, -0.2) is 0 Å². The van der Waals surface area contributed by atoms with Crippen LogP contribution < -0.4 is 0 Å². The van der Waals surface area contributed by atoms with E-state index in [2.05, 4.69) is 20.8 Å². The first kappa shape index (κ1) is 7.58. The number of nitrogens with zero attached hydrogens (tertiary/aromatic N) is 1. The molecule has 2 heteroatoms. The van der Waals surface area contributed by atoms with Gasteiger partial charge in [-0.05, 0) is 34.6 Å². The van der Waals surface area contributed by atoms with Gasteiger partial charge in [0.1, 0.15) is 5.54 Å². The molecule has 0 N–H and O–H groups in total. The van der Waals surface area contributed by atoms with Gasteiger partial charge < -0.3 is 4.90 Å². The molecule has 0 aromatic rings. The second-order valence-electron chi connectivity index (χ2n) is 4.37. The van der Waals surface area contributed by atoms with Crippen molar-refractivity contribution >= 4 is 5.91 Å². The van der Waals surface area contributed by atoms with Crippen LogP contribution in [0, 0.1) is 0 Å². The van der Waals surface area contributed by atoms with Crippen LogP contribution in [0.1, 0.15) is 34.6 Å². The molecule has 1 amide bonds. The SMILES string of the molecule is CC(C)(C)N1C(=O)C1(C)C. The van der Waals surface area contributed by atoms with Crippen molar-refractivity contribution < 1.29 is 4.79 Å². The standard InChI is InChI=1S/C8H15NO/c1-7(2,3)9-6(10)8(9,4)5/h1-5H3. The maximum absolute atomic E-state index is 11.1. The molecule has 1 aliphatic rings. The lowest BCUT2D eigenvalue weighted by Crippen LogP contribution is -2.30. The lowest BCUT2D eigenvalue weighted by atomic mass is 10.1. The normalized spacial score (nSPS) is 23.3. The molecule has 0 radical (unpaired) electrons. The fourth-order valence-corrected chi connectivity index (χ4v) is 1.53. The highest BCUT2D eigenvalue weighted by molar-refractivity contribution is 6.01. The molecule has 10 heavy (non-hydrogen) atoms. The van der Waals surface area contributed by atoms with E-state index < -0.39 is 0 Å². The molecule has 58 valence electrons. The molecule has 0 atom stereocenters. The van der Waals surface area contributed by atoms with Crippen molar-refractivity contribution in [1.29, 1.82) is 0 Å². The van der Waals surface area contributed by atoms with Crippen LogP contribution in [0.25, 0.3) is 0 Å². The first-order chi connectivity index (χ1) is 4.28. The molecule has 0 spiro atoms. The quantitative estimate of drug-likeness (QED) is 0.467. The van der Waals surface area contributed by atoms with E-state index in [1.54, 1.807) is 0 Å². The zero-order valence-electron chi connectivity index (χ0n) is 7.36. The summed E-state index contributed by atoms with van der Waals surface area (Å²) in [5.74, 6) is 0.264. The number of hydrogen-bond donors (Lipinski definition) is 0. The Balaban J connectivity index is 2.76. The third-order valence-electron chi connectivity index (χ3n) is 1.91. The van der Waals surface area contributed by atoms with Gasteiger partial charge in [-0.15, -0.1) is 0 Å². The van der Waals surface area contributed by atoms with E-state index in [1.165, 1.54) is 0 Å². The predicted molar refractivity (Wildman–Crippen MR) is 40.7 cm³/mol. The highest BCUT2D eigenvalue weighted by atomic mass is 16.2. The Morgan fingerprint density at radius 1 is 1.30 bits per heavy atom. The lowest BCUT2D eigenvalue weighted by molar-refractivity contribution is -0.115. The minimum absolute atomic E-state index is 0.000579. The Kier molecular flexibility index (Phi) is 1.17. The van der Waals surface area contributed by atoms with Crippen LogP contribution in [0.4, 0.5) is 0 Å². The monoisotopic (exact) mass is 141 g/mol. The van der Waals surface area contributed by atoms with Crippen LogP contribution in [0.15, 0.2) is 0 Å². The van der Waals surface area contributed by atoms with Crippen LogP contribution in [0.2, 0.25) is 0 Å². The van der Waals surface area contributed by atoms with Gasteiger partial charge in [-0.3, -0.25) is 4.79 Å². The molecule has 1 heterocycles. The minimum atomic E-state index is -0.196. The van der Waals surface area contributed by atoms with Crippen molar-refractivity contribution in [2.45, 2.75) is 45.7 Å². The summed E-state index contributed by atoms with van der Waals surface area (Å²) in [5, 5.41) is 0. The summed E-state index contributed by atoms with van der Waals surface area (Å²) in [6.45, 7) is 10.1. The highest BCUT2D eigenvalue weighted by Crippen LogP contribution is 2.40. The lowest BCUT2D eigenvalue weighted by Gasteiger charge is -2.22. The summed E-state index contributed by atoms with van der Waals surface area (Å²) in [7, 11) is 0. The van der Waals surface area contributed by atoms with Gasteiger partial charge in [0.2, 0.25) is 5.91 Å². The number of amides is 1. The van der Waals surface area contributed by atoms with Crippen molar-refractivity contribution in [2.24, 2.45) is 0 Å². The summed E-state index contributed by atoms with van der Waals surface area (Å²) in [6, 6.07) is 0. The molecule has 0 aliphatic carbocycles. The van der Waals surface area contributed by atoms with E-state index in [0.29, 0.717) is 0 Å². The maximum Gasteiger partial charge on any atom is 0.249 e. The number of carbonyl (C=O) groups is 1. The smallest absolute Gasteiger partial charge is 0.249 e. The van der Waals surface area contributed by atoms with Gasteiger partial charge in [0.25, 0.3) is 0 Å². The Hall–Kier alpha value is -0.530. The predicted octanol–water partition coefficient (Wildman–Crippen LogP) is 1.41. The number of carbonyl (C=O) groups excluding carboxylic acids is 1. The summed E-state index contributed by atoms with van der Waals surface area (Å²) in [4.78, 5) is 13.0. The van der Waals surface area contributed by atoms with Crippen molar-refractivity contribution in [3.8, 4) is 0 Å². The van der Waals surface area contributed by atoms with Gasteiger partial charge >= 0.3 is 0 Å². The van der Waals surface area contributed by atoms with Gasteiger partial charge in [-0.1, -0.05) is 0 Å². The molecule has 0 saturated carbocycles. The molecule has 1 fully saturated rings. The fourth-order valence-electron chi connectivity index (χ4n) is 1.53. The molecule has 0 bridgehead atoms. The van der Waals surface area contributed by atoms with Crippen molar-refractivity contribution in [2.75, 3.05) is 0 Å². The zero-order valence-corrected chi connectivity index (χ0v) is 7.36. The average Bonchev–Trinajstić information content (AvgIpc) is 2.03. The highest BCUT2D eigenvalue weighted by Gasteiger charge is 2.59. The Bertz CT molecular complexity index is 176. The van der Waals surface area contributed by atoms with Gasteiger partial charge in [0, 0.05) is 5.54 Å². The first-order valence-electron chi connectivity index (χ1n) is 3.62. The number of rotatable bonds is 0. The minimum Gasteiger partial charge on any atom is -0.322 e. The second-order valence-corrected chi connectivity index (χ2v) is 4.37. The molecular weight excluding hydrogens is 126 g/mol. The summed E-state index contributed by atoms with van der Waals surface area (Å²) >= 11 is 0. The third-order valence-corrected chi connectivity index (χ3v) is 1.91. The average molecular weight is 141 g/mol. The molecule has 0 unspecified atom stereocenters. The van der Waals surface area contributed by atoms with Crippen molar-refractivity contribution in [3.05, 3.63) is 0 Å². The molecule has 0 aromatic carbocycles. The van der Waals surface area contributed by atoms with Crippen LogP contribution in [-0.2, 0) is 4.79 Å². The summed E-state index contributed by atoms with van der Waals surface area (Å²) in [6.07, 6.45) is 0.